The summed E-state index contributed by atoms with van der Waals surface area (Å²) in [7, 11) is 1.51. The van der Waals surface area contributed by atoms with Crippen molar-refractivity contribution < 1.29 is 13.2 Å². The molecule has 2 aromatic heterocycles. The Morgan fingerprint density at radius 3 is 2.43 bits per heavy atom. The molecule has 1 aliphatic rings. The highest BCUT2D eigenvalue weighted by molar-refractivity contribution is 7.89. The van der Waals surface area contributed by atoms with Crippen LogP contribution in [0.5, 0.6) is 0 Å². The van der Waals surface area contributed by atoms with E-state index in [4.69, 9.17) is 4.74 Å². The van der Waals surface area contributed by atoms with Crippen LogP contribution in [0.4, 0.5) is 5.69 Å². The Hall–Kier alpha value is -2.50. The van der Waals surface area contributed by atoms with Gasteiger partial charge in [-0.3, -0.25) is 14.6 Å². The largest absolute Gasteiger partial charge is 0.380 e. The highest BCUT2D eigenvalue weighted by atomic mass is 35.5. The van der Waals surface area contributed by atoms with Crippen LogP contribution in [-0.2, 0) is 28.4 Å². The summed E-state index contributed by atoms with van der Waals surface area (Å²) in [5.74, 6) is 0. The summed E-state index contributed by atoms with van der Waals surface area (Å²) >= 11 is 0. The van der Waals surface area contributed by atoms with Crippen LogP contribution in [-0.4, -0.2) is 85.8 Å². The first-order valence-corrected chi connectivity index (χ1v) is 12.8. The molecule has 0 N–H and O–H groups in total. The lowest BCUT2D eigenvalue weighted by Gasteiger charge is -2.37. The number of benzene rings is 1. The van der Waals surface area contributed by atoms with Crippen LogP contribution < -0.4 is 4.90 Å². The van der Waals surface area contributed by atoms with E-state index in [-0.39, 0.29) is 17.3 Å². The number of likely N-dealkylation sites (N-methyl/N-ethyl adjacent to an activating group) is 1. The van der Waals surface area contributed by atoms with Gasteiger partial charge in [0.15, 0.2) is 0 Å². The first-order chi connectivity index (χ1) is 16.4. The molecule has 11 heteroatoms. The Kier molecular flexibility index (Phi) is 9.26. The van der Waals surface area contributed by atoms with E-state index in [2.05, 4.69) is 50.2 Å². The highest BCUT2D eigenvalue weighted by Gasteiger charge is 2.24. The van der Waals surface area contributed by atoms with E-state index < -0.39 is 10.0 Å². The van der Waals surface area contributed by atoms with E-state index in [1.807, 2.05) is 12.3 Å². The number of ether oxygens (including phenoxy) is 1. The number of methoxy groups -OCH3 is 1. The number of rotatable bonds is 9. The standard InChI is InChI=1S/C24H32N6O3S.ClH/c1-27-18-22(17-26-27)34(31,32)28(2)11-12-29-13-15-30(16-14-29)23-5-4-10-25-24(23)21-8-6-20(7-9-21)19-33-3;/h4-10,17-18H,11-16,19H2,1-3H3;1H. The van der Waals surface area contributed by atoms with Gasteiger partial charge in [-0.1, -0.05) is 24.3 Å². The van der Waals surface area contributed by atoms with Gasteiger partial charge in [0.2, 0.25) is 10.0 Å². The molecule has 35 heavy (non-hydrogen) atoms. The molecule has 0 bridgehead atoms. The molecule has 0 radical (unpaired) electrons. The quantitative estimate of drug-likeness (QED) is 0.428. The third-order valence-electron chi connectivity index (χ3n) is 6.16. The van der Waals surface area contributed by atoms with E-state index in [1.54, 1.807) is 21.2 Å². The van der Waals surface area contributed by atoms with Gasteiger partial charge in [-0.25, -0.2) is 8.42 Å². The molecule has 3 heterocycles. The number of anilines is 1. The van der Waals surface area contributed by atoms with Crippen LogP contribution in [0.25, 0.3) is 11.3 Å². The third-order valence-corrected chi connectivity index (χ3v) is 7.97. The van der Waals surface area contributed by atoms with Crippen LogP contribution in [0.3, 0.4) is 0 Å². The summed E-state index contributed by atoms with van der Waals surface area (Å²) in [4.78, 5) is 9.56. The fourth-order valence-corrected chi connectivity index (χ4v) is 5.27. The molecule has 190 valence electrons. The van der Waals surface area contributed by atoms with Gasteiger partial charge in [-0.2, -0.15) is 9.40 Å². The number of aryl methyl sites for hydroxylation is 1. The summed E-state index contributed by atoms with van der Waals surface area (Å²) in [5, 5.41) is 3.98. The fourth-order valence-electron chi connectivity index (χ4n) is 4.13. The van der Waals surface area contributed by atoms with Crippen molar-refractivity contribution in [1.82, 2.24) is 24.0 Å². The molecule has 0 atom stereocenters. The topological polar surface area (TPSA) is 83.8 Å². The van der Waals surface area contributed by atoms with Gasteiger partial charge in [0.05, 0.1) is 24.2 Å². The Morgan fingerprint density at radius 2 is 1.80 bits per heavy atom. The maximum atomic E-state index is 12.7. The average molecular weight is 521 g/mol. The van der Waals surface area contributed by atoms with Crippen LogP contribution in [0.2, 0.25) is 0 Å². The zero-order chi connectivity index (χ0) is 24.1. The monoisotopic (exact) mass is 520 g/mol. The molecule has 0 amide bonds. The summed E-state index contributed by atoms with van der Waals surface area (Å²) in [5.41, 5.74) is 4.31. The van der Waals surface area contributed by atoms with Crippen LogP contribution in [0.15, 0.2) is 59.9 Å². The third kappa shape index (κ3) is 6.39. The SMILES string of the molecule is COCc1ccc(-c2ncccc2N2CCN(CCN(C)S(=O)(=O)c3cnn(C)c3)CC2)cc1.Cl. The van der Waals surface area contributed by atoms with Gasteiger partial charge in [-0.15, -0.1) is 12.4 Å². The molecule has 1 saturated heterocycles. The lowest BCUT2D eigenvalue weighted by Crippen LogP contribution is -2.48. The Labute approximate surface area is 213 Å². The number of aromatic nitrogens is 3. The first kappa shape index (κ1) is 27.1. The summed E-state index contributed by atoms with van der Waals surface area (Å²) in [6.45, 7) is 5.16. The van der Waals surface area contributed by atoms with E-state index in [0.717, 1.165) is 48.7 Å². The second-order valence-corrected chi connectivity index (χ2v) is 10.6. The van der Waals surface area contributed by atoms with Gasteiger partial charge in [-0.05, 0) is 17.7 Å². The van der Waals surface area contributed by atoms with Crippen molar-refractivity contribution in [3.05, 3.63) is 60.6 Å². The molecule has 1 aliphatic heterocycles. The van der Waals surface area contributed by atoms with Crippen molar-refractivity contribution in [3.63, 3.8) is 0 Å². The molecule has 9 nitrogen and oxygen atoms in total. The van der Waals surface area contributed by atoms with Crippen molar-refractivity contribution in [1.29, 1.82) is 0 Å². The fraction of sp³-hybridized carbons (Fsp3) is 0.417. The van der Waals surface area contributed by atoms with Gasteiger partial charge in [0, 0.05) is 78.4 Å². The van der Waals surface area contributed by atoms with E-state index in [9.17, 15) is 8.42 Å². The molecule has 3 aromatic rings. The molecule has 0 saturated carbocycles. The predicted molar refractivity (Wildman–Crippen MR) is 139 cm³/mol. The van der Waals surface area contributed by atoms with Crippen LogP contribution in [0, 0.1) is 0 Å². The number of piperazine rings is 1. The smallest absolute Gasteiger partial charge is 0.245 e. The lowest BCUT2D eigenvalue weighted by atomic mass is 10.1. The molecule has 1 aromatic carbocycles. The van der Waals surface area contributed by atoms with Crippen molar-refractivity contribution in [2.45, 2.75) is 11.5 Å². The molecule has 0 unspecified atom stereocenters. The van der Waals surface area contributed by atoms with Crippen molar-refractivity contribution in [2.75, 3.05) is 58.3 Å². The Bertz CT molecular complexity index is 1190. The molecule has 0 spiro atoms. The number of halogens is 1. The van der Waals surface area contributed by atoms with E-state index >= 15 is 0 Å². The Balaban J connectivity index is 0.00000342. The summed E-state index contributed by atoms with van der Waals surface area (Å²) in [6, 6.07) is 12.4. The lowest BCUT2D eigenvalue weighted by molar-refractivity contribution is 0.185. The molecular weight excluding hydrogens is 488 g/mol. The minimum Gasteiger partial charge on any atom is -0.380 e. The number of hydrogen-bond acceptors (Lipinski definition) is 7. The minimum atomic E-state index is -3.52. The zero-order valence-electron chi connectivity index (χ0n) is 20.4. The maximum absolute atomic E-state index is 12.7. The van der Waals surface area contributed by atoms with Gasteiger partial charge >= 0.3 is 0 Å². The Morgan fingerprint density at radius 1 is 1.09 bits per heavy atom. The van der Waals surface area contributed by atoms with Crippen molar-refractivity contribution >= 4 is 28.1 Å². The zero-order valence-corrected chi connectivity index (χ0v) is 22.0. The molecule has 4 rings (SSSR count). The van der Waals surface area contributed by atoms with E-state index in [0.29, 0.717) is 19.7 Å². The normalized spacial score (nSPS) is 14.8. The molecular formula is C24H33ClN6O3S. The maximum Gasteiger partial charge on any atom is 0.245 e. The van der Waals surface area contributed by atoms with Gasteiger partial charge < -0.3 is 9.64 Å². The number of hydrogen-bond donors (Lipinski definition) is 0. The summed E-state index contributed by atoms with van der Waals surface area (Å²) in [6.07, 6.45) is 4.75. The van der Waals surface area contributed by atoms with Crippen LogP contribution >= 0.6 is 12.4 Å². The summed E-state index contributed by atoms with van der Waals surface area (Å²) < 4.78 is 33.6. The van der Waals surface area contributed by atoms with Gasteiger partial charge in [0.1, 0.15) is 4.90 Å². The van der Waals surface area contributed by atoms with Gasteiger partial charge in [0.25, 0.3) is 0 Å². The number of pyridine rings is 1. The van der Waals surface area contributed by atoms with E-state index in [1.165, 1.54) is 21.4 Å². The van der Waals surface area contributed by atoms with Crippen molar-refractivity contribution in [3.8, 4) is 11.3 Å². The second kappa shape index (κ2) is 12.0. The predicted octanol–water partition coefficient (Wildman–Crippen LogP) is 2.49. The second-order valence-electron chi connectivity index (χ2n) is 8.51. The number of sulfonamides is 1. The minimum absolute atomic E-state index is 0. The van der Waals surface area contributed by atoms with Crippen molar-refractivity contribution in [2.24, 2.45) is 7.05 Å². The average Bonchev–Trinajstić information content (AvgIpc) is 3.31. The molecule has 0 aliphatic carbocycles. The molecule has 1 fully saturated rings. The first-order valence-electron chi connectivity index (χ1n) is 11.3. The van der Waals surface area contributed by atoms with Crippen LogP contribution in [0.1, 0.15) is 5.56 Å². The number of nitrogens with zero attached hydrogens (tertiary/aromatic N) is 6. The highest BCUT2D eigenvalue weighted by Crippen LogP contribution is 2.29.